The van der Waals surface area contributed by atoms with Gasteiger partial charge in [-0.15, -0.1) is 11.3 Å². The number of fused-ring (bicyclic) bond motifs is 1. The Morgan fingerprint density at radius 3 is 2.89 bits per heavy atom. The van der Waals surface area contributed by atoms with Crippen molar-refractivity contribution < 1.29 is 0 Å². The van der Waals surface area contributed by atoms with Gasteiger partial charge in [0.1, 0.15) is 0 Å². The van der Waals surface area contributed by atoms with Crippen LogP contribution in [0, 0.1) is 0 Å². The van der Waals surface area contributed by atoms with Crippen molar-refractivity contribution >= 4 is 55.3 Å². The molecule has 0 saturated heterocycles. The van der Waals surface area contributed by atoms with Crippen LogP contribution in [0.4, 0.5) is 10.8 Å². The molecule has 0 aliphatic rings. The molecule has 0 unspecified atom stereocenters. The van der Waals surface area contributed by atoms with Crippen molar-refractivity contribution in [2.45, 2.75) is 6.42 Å². The van der Waals surface area contributed by atoms with Gasteiger partial charge in [-0.3, -0.25) is 0 Å². The van der Waals surface area contributed by atoms with Gasteiger partial charge in [0, 0.05) is 17.1 Å². The predicted octanol–water partition coefficient (Wildman–Crippen LogP) is 4.25. The van der Waals surface area contributed by atoms with E-state index in [1.54, 1.807) is 22.7 Å². The smallest absolute Gasteiger partial charge is 0.183 e. The van der Waals surface area contributed by atoms with Crippen LogP contribution in [0.5, 0.6) is 0 Å². The Balaban J connectivity index is 1.65. The number of nitrogens with one attached hydrogen (secondary N) is 1. The number of nitrogen functional groups attached to an aromatic ring is 1. The van der Waals surface area contributed by atoms with Gasteiger partial charge in [-0.2, -0.15) is 0 Å². The maximum Gasteiger partial charge on any atom is 0.183 e. The largest absolute Gasteiger partial charge is 0.399 e. The standard InChI is InChI=1S/C13H12ClN3S2/c14-12-4-2-9(18-12)5-6-16-13-17-10-3-1-8(15)7-11(10)19-13/h1-4,7H,5-6,15H2,(H,16,17). The summed E-state index contributed by atoms with van der Waals surface area (Å²) in [6.07, 6.45) is 0.954. The molecule has 0 radical (unpaired) electrons. The van der Waals surface area contributed by atoms with E-state index in [0.717, 1.165) is 38.3 Å². The molecule has 3 aromatic rings. The molecule has 2 heterocycles. The maximum atomic E-state index is 5.90. The lowest BCUT2D eigenvalue weighted by molar-refractivity contribution is 1.04. The summed E-state index contributed by atoms with van der Waals surface area (Å²) in [5.74, 6) is 0. The Hall–Kier alpha value is -1.30. The summed E-state index contributed by atoms with van der Waals surface area (Å²) < 4.78 is 1.95. The van der Waals surface area contributed by atoms with Crippen molar-refractivity contribution in [1.82, 2.24) is 4.98 Å². The van der Waals surface area contributed by atoms with Crippen LogP contribution < -0.4 is 11.1 Å². The van der Waals surface area contributed by atoms with E-state index in [-0.39, 0.29) is 0 Å². The van der Waals surface area contributed by atoms with Crippen LogP contribution in [-0.2, 0) is 6.42 Å². The lowest BCUT2D eigenvalue weighted by atomic mass is 10.3. The van der Waals surface area contributed by atoms with Gasteiger partial charge in [-0.25, -0.2) is 4.98 Å². The van der Waals surface area contributed by atoms with E-state index in [4.69, 9.17) is 17.3 Å². The normalized spacial score (nSPS) is 11.0. The van der Waals surface area contributed by atoms with Gasteiger partial charge in [0.2, 0.25) is 0 Å². The third kappa shape index (κ3) is 3.00. The number of benzene rings is 1. The number of thiophene rings is 1. The molecule has 2 aromatic heterocycles. The highest BCUT2D eigenvalue weighted by Gasteiger charge is 2.04. The Morgan fingerprint density at radius 2 is 2.11 bits per heavy atom. The molecule has 3 nitrogen and oxygen atoms in total. The van der Waals surface area contributed by atoms with Gasteiger partial charge in [0.05, 0.1) is 14.6 Å². The molecule has 6 heteroatoms. The molecule has 0 bridgehead atoms. The molecule has 3 rings (SSSR count). The average Bonchev–Trinajstić information content (AvgIpc) is 2.95. The summed E-state index contributed by atoms with van der Waals surface area (Å²) in [5.41, 5.74) is 7.52. The lowest BCUT2D eigenvalue weighted by Crippen LogP contribution is -2.03. The van der Waals surface area contributed by atoms with E-state index < -0.39 is 0 Å². The highest BCUT2D eigenvalue weighted by atomic mass is 35.5. The molecule has 0 saturated carbocycles. The molecule has 0 atom stereocenters. The van der Waals surface area contributed by atoms with Gasteiger partial charge in [-0.1, -0.05) is 22.9 Å². The second-order valence-electron chi connectivity index (χ2n) is 4.13. The second kappa shape index (κ2) is 5.36. The number of halogens is 1. The first-order valence-electron chi connectivity index (χ1n) is 5.85. The second-order valence-corrected chi connectivity index (χ2v) is 6.96. The molecule has 0 aliphatic heterocycles. The fourth-order valence-corrected chi connectivity index (χ4v) is 3.82. The summed E-state index contributed by atoms with van der Waals surface area (Å²) in [6, 6.07) is 9.78. The number of nitrogens with two attached hydrogens (primary N) is 1. The zero-order valence-corrected chi connectivity index (χ0v) is 12.4. The summed E-state index contributed by atoms with van der Waals surface area (Å²) in [7, 11) is 0. The quantitative estimate of drug-likeness (QED) is 0.708. The third-order valence-corrected chi connectivity index (χ3v) is 4.96. The number of aromatic nitrogens is 1. The van der Waals surface area contributed by atoms with Gasteiger partial charge >= 0.3 is 0 Å². The average molecular weight is 310 g/mol. The van der Waals surface area contributed by atoms with Gasteiger partial charge < -0.3 is 11.1 Å². The van der Waals surface area contributed by atoms with Crippen LogP contribution in [0.25, 0.3) is 10.2 Å². The van der Waals surface area contributed by atoms with Crippen molar-refractivity contribution in [2.75, 3.05) is 17.6 Å². The van der Waals surface area contributed by atoms with E-state index in [1.807, 2.05) is 24.3 Å². The third-order valence-electron chi connectivity index (χ3n) is 2.69. The fraction of sp³-hybridized carbons (Fsp3) is 0.154. The Bertz CT molecular complexity index is 705. The Labute approximate surface area is 124 Å². The van der Waals surface area contributed by atoms with Gasteiger partial charge in [0.15, 0.2) is 5.13 Å². The predicted molar refractivity (Wildman–Crippen MR) is 85.6 cm³/mol. The zero-order valence-electron chi connectivity index (χ0n) is 10.0. The van der Waals surface area contributed by atoms with Crippen LogP contribution in [0.3, 0.4) is 0 Å². The first-order chi connectivity index (χ1) is 9.20. The number of nitrogens with zero attached hydrogens (tertiary/aromatic N) is 1. The van der Waals surface area contributed by atoms with Gasteiger partial charge in [0.25, 0.3) is 0 Å². The van der Waals surface area contributed by atoms with Crippen LogP contribution in [0.15, 0.2) is 30.3 Å². The highest BCUT2D eigenvalue weighted by Crippen LogP contribution is 2.27. The van der Waals surface area contributed by atoms with Crippen molar-refractivity contribution in [2.24, 2.45) is 0 Å². The van der Waals surface area contributed by atoms with E-state index in [2.05, 4.69) is 16.4 Å². The summed E-state index contributed by atoms with van der Waals surface area (Å²) >= 11 is 9.15. The van der Waals surface area contributed by atoms with Crippen LogP contribution in [0.1, 0.15) is 4.88 Å². The molecule has 0 amide bonds. The zero-order chi connectivity index (χ0) is 13.2. The Morgan fingerprint density at radius 1 is 1.21 bits per heavy atom. The maximum absolute atomic E-state index is 5.90. The van der Waals surface area contributed by atoms with Gasteiger partial charge in [-0.05, 0) is 36.8 Å². The van der Waals surface area contributed by atoms with Crippen LogP contribution in [0.2, 0.25) is 4.34 Å². The summed E-state index contributed by atoms with van der Waals surface area (Å²) in [4.78, 5) is 5.80. The number of anilines is 2. The topological polar surface area (TPSA) is 50.9 Å². The Kier molecular flexibility index (Phi) is 3.59. The molecule has 1 aromatic carbocycles. The number of hydrogen-bond acceptors (Lipinski definition) is 5. The summed E-state index contributed by atoms with van der Waals surface area (Å²) in [5, 5.41) is 4.28. The highest BCUT2D eigenvalue weighted by molar-refractivity contribution is 7.22. The fourth-order valence-electron chi connectivity index (χ4n) is 1.80. The van der Waals surface area contributed by atoms with E-state index in [9.17, 15) is 0 Å². The molecule has 98 valence electrons. The molecule has 3 N–H and O–H groups in total. The van der Waals surface area contributed by atoms with Crippen LogP contribution in [-0.4, -0.2) is 11.5 Å². The monoisotopic (exact) mass is 309 g/mol. The first kappa shape index (κ1) is 12.7. The molecule has 19 heavy (non-hydrogen) atoms. The molecular weight excluding hydrogens is 298 g/mol. The van der Waals surface area contributed by atoms with Crippen LogP contribution >= 0.6 is 34.3 Å². The van der Waals surface area contributed by atoms with Crippen molar-refractivity contribution in [1.29, 1.82) is 0 Å². The van der Waals surface area contributed by atoms with E-state index >= 15 is 0 Å². The molecule has 0 fully saturated rings. The molecule has 0 aliphatic carbocycles. The minimum atomic E-state index is 0.774. The first-order valence-corrected chi connectivity index (χ1v) is 7.86. The number of rotatable bonds is 4. The number of hydrogen-bond donors (Lipinski definition) is 2. The summed E-state index contributed by atoms with van der Waals surface area (Å²) in [6.45, 7) is 0.853. The van der Waals surface area contributed by atoms with Crippen molar-refractivity contribution in [3.8, 4) is 0 Å². The minimum absolute atomic E-state index is 0.774. The van der Waals surface area contributed by atoms with E-state index in [0.29, 0.717) is 0 Å². The van der Waals surface area contributed by atoms with Crippen molar-refractivity contribution in [3.05, 3.63) is 39.5 Å². The minimum Gasteiger partial charge on any atom is -0.399 e. The molecule has 0 spiro atoms. The lowest BCUT2D eigenvalue weighted by Gasteiger charge is -1.99. The number of thiazole rings is 1. The van der Waals surface area contributed by atoms with Crippen molar-refractivity contribution in [3.63, 3.8) is 0 Å². The molecular formula is C13H12ClN3S2. The SMILES string of the molecule is Nc1ccc2nc(NCCc3ccc(Cl)s3)sc2c1. The van der Waals surface area contributed by atoms with E-state index in [1.165, 1.54) is 4.88 Å².